The Kier molecular flexibility index (Phi) is 3.25. The summed E-state index contributed by atoms with van der Waals surface area (Å²) in [5.74, 6) is 0. The van der Waals surface area contributed by atoms with Gasteiger partial charge in [-0.15, -0.1) is 0 Å². The highest BCUT2D eigenvalue weighted by molar-refractivity contribution is 9.10. The van der Waals surface area contributed by atoms with Crippen molar-refractivity contribution in [2.24, 2.45) is 0 Å². The minimum Gasteiger partial charge on any atom is -0.310 e. The maximum Gasteiger partial charge on any atom is 0.265 e. The maximum atomic E-state index is 11.9. The highest BCUT2D eigenvalue weighted by atomic mass is 79.9. The van der Waals surface area contributed by atoms with Crippen molar-refractivity contribution in [3.8, 4) is 0 Å². The van der Waals surface area contributed by atoms with Gasteiger partial charge in [-0.2, -0.15) is 0 Å². The van der Waals surface area contributed by atoms with Crippen LogP contribution in [0.5, 0.6) is 0 Å². The molecule has 82 valence electrons. The molecule has 1 heterocycles. The summed E-state index contributed by atoms with van der Waals surface area (Å²) in [5, 5.41) is 0. The highest BCUT2D eigenvalue weighted by Crippen LogP contribution is 2.10. The number of aromatic nitrogens is 1. The second-order valence-corrected chi connectivity index (χ2v) is 4.52. The molecule has 3 heteroatoms. The zero-order chi connectivity index (χ0) is 11.5. The van der Waals surface area contributed by atoms with E-state index >= 15 is 0 Å². The Bertz CT molecular complexity index is 546. The SMILES string of the molecule is Cc1ccn(Cc2ccccc2)c(=O)c1Br. The van der Waals surface area contributed by atoms with Crippen molar-refractivity contribution in [1.29, 1.82) is 0 Å². The van der Waals surface area contributed by atoms with E-state index in [0.29, 0.717) is 11.0 Å². The van der Waals surface area contributed by atoms with Gasteiger partial charge in [0.15, 0.2) is 0 Å². The van der Waals surface area contributed by atoms with Crippen LogP contribution in [0, 0.1) is 6.92 Å². The molecule has 0 N–H and O–H groups in total. The topological polar surface area (TPSA) is 22.0 Å². The first-order chi connectivity index (χ1) is 7.68. The van der Waals surface area contributed by atoms with Crippen molar-refractivity contribution >= 4 is 15.9 Å². The molecule has 0 saturated heterocycles. The summed E-state index contributed by atoms with van der Waals surface area (Å²) in [6, 6.07) is 11.9. The lowest BCUT2D eigenvalue weighted by molar-refractivity contribution is 0.752. The number of hydrogen-bond donors (Lipinski definition) is 0. The van der Waals surface area contributed by atoms with E-state index in [2.05, 4.69) is 15.9 Å². The molecule has 0 unspecified atom stereocenters. The van der Waals surface area contributed by atoms with Crippen molar-refractivity contribution in [2.75, 3.05) is 0 Å². The van der Waals surface area contributed by atoms with E-state index in [1.54, 1.807) is 4.57 Å². The van der Waals surface area contributed by atoms with E-state index in [0.717, 1.165) is 11.1 Å². The molecule has 0 bridgehead atoms. The predicted molar refractivity (Wildman–Crippen MR) is 68.7 cm³/mol. The average Bonchev–Trinajstić information content (AvgIpc) is 2.31. The molecule has 0 aliphatic heterocycles. The smallest absolute Gasteiger partial charge is 0.265 e. The molecule has 0 saturated carbocycles. The molecule has 2 aromatic rings. The molecule has 1 aromatic carbocycles. The van der Waals surface area contributed by atoms with Gasteiger partial charge in [0.2, 0.25) is 0 Å². The normalized spacial score (nSPS) is 10.4. The van der Waals surface area contributed by atoms with E-state index in [-0.39, 0.29) is 5.56 Å². The van der Waals surface area contributed by atoms with Gasteiger partial charge in [-0.1, -0.05) is 30.3 Å². The third kappa shape index (κ3) is 2.25. The molecule has 0 aliphatic carbocycles. The first-order valence-corrected chi connectivity index (χ1v) is 5.87. The molecule has 0 fully saturated rings. The first kappa shape index (κ1) is 11.1. The van der Waals surface area contributed by atoms with Crippen molar-refractivity contribution in [2.45, 2.75) is 13.5 Å². The average molecular weight is 278 g/mol. The molecule has 2 nitrogen and oxygen atoms in total. The van der Waals surface area contributed by atoms with Crippen LogP contribution in [0.15, 0.2) is 51.9 Å². The number of nitrogens with zero attached hydrogens (tertiary/aromatic N) is 1. The van der Waals surface area contributed by atoms with Gasteiger partial charge in [-0.05, 0) is 40.0 Å². The molecule has 0 spiro atoms. The number of hydrogen-bond acceptors (Lipinski definition) is 1. The van der Waals surface area contributed by atoms with Gasteiger partial charge in [0.25, 0.3) is 5.56 Å². The molecule has 0 atom stereocenters. The van der Waals surface area contributed by atoms with Crippen LogP contribution in [-0.2, 0) is 6.54 Å². The van der Waals surface area contributed by atoms with Crippen molar-refractivity contribution in [1.82, 2.24) is 4.57 Å². The van der Waals surface area contributed by atoms with Crippen LogP contribution < -0.4 is 5.56 Å². The van der Waals surface area contributed by atoms with Crippen molar-refractivity contribution in [3.05, 3.63) is 68.5 Å². The number of benzene rings is 1. The Morgan fingerprint density at radius 1 is 1.19 bits per heavy atom. The Labute approximate surface area is 103 Å². The summed E-state index contributed by atoms with van der Waals surface area (Å²) in [5.41, 5.74) is 2.11. The Morgan fingerprint density at radius 2 is 1.88 bits per heavy atom. The standard InChI is InChI=1S/C13H12BrNO/c1-10-7-8-15(13(16)12(10)14)9-11-5-3-2-4-6-11/h2-8H,9H2,1H3. The number of pyridine rings is 1. The van der Waals surface area contributed by atoms with Crippen LogP contribution in [0.25, 0.3) is 0 Å². The molecule has 16 heavy (non-hydrogen) atoms. The van der Waals surface area contributed by atoms with E-state index in [1.165, 1.54) is 0 Å². The van der Waals surface area contributed by atoms with Crippen LogP contribution >= 0.6 is 15.9 Å². The van der Waals surface area contributed by atoms with Crippen LogP contribution in [0.4, 0.5) is 0 Å². The Hall–Kier alpha value is -1.35. The minimum absolute atomic E-state index is 0.0175. The van der Waals surface area contributed by atoms with Crippen LogP contribution in [0.1, 0.15) is 11.1 Å². The molecule has 0 radical (unpaired) electrons. The van der Waals surface area contributed by atoms with Crippen LogP contribution in [-0.4, -0.2) is 4.57 Å². The van der Waals surface area contributed by atoms with E-state index in [4.69, 9.17) is 0 Å². The molecular weight excluding hydrogens is 266 g/mol. The third-order valence-electron chi connectivity index (χ3n) is 2.50. The lowest BCUT2D eigenvalue weighted by Crippen LogP contribution is -2.21. The van der Waals surface area contributed by atoms with E-state index in [9.17, 15) is 4.79 Å². The largest absolute Gasteiger partial charge is 0.310 e. The highest BCUT2D eigenvalue weighted by Gasteiger charge is 2.03. The zero-order valence-corrected chi connectivity index (χ0v) is 10.6. The van der Waals surface area contributed by atoms with Crippen molar-refractivity contribution in [3.63, 3.8) is 0 Å². The first-order valence-electron chi connectivity index (χ1n) is 5.08. The van der Waals surface area contributed by atoms with Gasteiger partial charge in [0, 0.05) is 6.20 Å². The molecule has 1 aromatic heterocycles. The fourth-order valence-electron chi connectivity index (χ4n) is 1.54. The van der Waals surface area contributed by atoms with Gasteiger partial charge in [0.1, 0.15) is 0 Å². The lowest BCUT2D eigenvalue weighted by Gasteiger charge is -2.07. The summed E-state index contributed by atoms with van der Waals surface area (Å²) in [6.45, 7) is 2.52. The number of halogens is 1. The Morgan fingerprint density at radius 3 is 2.56 bits per heavy atom. The summed E-state index contributed by atoms with van der Waals surface area (Å²) in [6.07, 6.45) is 1.83. The monoisotopic (exact) mass is 277 g/mol. The van der Waals surface area contributed by atoms with Crippen molar-refractivity contribution < 1.29 is 0 Å². The molecular formula is C13H12BrNO. The van der Waals surface area contributed by atoms with E-state index < -0.39 is 0 Å². The lowest BCUT2D eigenvalue weighted by atomic mass is 10.2. The molecule has 0 aliphatic rings. The van der Waals surface area contributed by atoms with Crippen LogP contribution in [0.3, 0.4) is 0 Å². The zero-order valence-electron chi connectivity index (χ0n) is 8.98. The molecule has 2 rings (SSSR count). The van der Waals surface area contributed by atoms with Gasteiger partial charge >= 0.3 is 0 Å². The summed E-state index contributed by atoms with van der Waals surface area (Å²) in [7, 11) is 0. The quantitative estimate of drug-likeness (QED) is 0.827. The summed E-state index contributed by atoms with van der Waals surface area (Å²) >= 11 is 3.31. The number of aryl methyl sites for hydroxylation is 1. The Balaban J connectivity index is 2.37. The predicted octanol–water partition coefficient (Wildman–Crippen LogP) is 2.97. The second kappa shape index (κ2) is 4.66. The second-order valence-electron chi connectivity index (χ2n) is 3.73. The van der Waals surface area contributed by atoms with Gasteiger partial charge < -0.3 is 4.57 Å². The van der Waals surface area contributed by atoms with E-state index in [1.807, 2.05) is 49.5 Å². The maximum absolute atomic E-state index is 11.9. The summed E-state index contributed by atoms with van der Waals surface area (Å²) in [4.78, 5) is 11.9. The third-order valence-corrected chi connectivity index (χ3v) is 3.46. The fraction of sp³-hybridized carbons (Fsp3) is 0.154. The fourth-order valence-corrected chi connectivity index (χ4v) is 1.90. The summed E-state index contributed by atoms with van der Waals surface area (Å²) < 4.78 is 2.35. The number of rotatable bonds is 2. The van der Waals surface area contributed by atoms with Gasteiger partial charge in [-0.3, -0.25) is 4.79 Å². The minimum atomic E-state index is 0.0175. The van der Waals surface area contributed by atoms with Gasteiger partial charge in [0.05, 0.1) is 11.0 Å². The molecule has 0 amide bonds. The van der Waals surface area contributed by atoms with Gasteiger partial charge in [-0.25, -0.2) is 0 Å². The van der Waals surface area contributed by atoms with Crippen LogP contribution in [0.2, 0.25) is 0 Å².